The minimum Gasteiger partial charge on any atom is -0.354 e. The van der Waals surface area contributed by atoms with Crippen LogP contribution in [0.3, 0.4) is 0 Å². The van der Waals surface area contributed by atoms with Gasteiger partial charge in [0, 0.05) is 50.8 Å². The van der Waals surface area contributed by atoms with Crippen LogP contribution in [0.25, 0.3) is 43.6 Å². The molecule has 0 aliphatic carbocycles. The van der Waals surface area contributed by atoms with Gasteiger partial charge in [-0.1, -0.05) is 66.7 Å². The van der Waals surface area contributed by atoms with E-state index in [4.69, 9.17) is 0 Å². The van der Waals surface area contributed by atoms with Crippen LogP contribution in [0.5, 0.6) is 0 Å². The summed E-state index contributed by atoms with van der Waals surface area (Å²) in [6.07, 6.45) is 0. The zero-order valence-electron chi connectivity index (χ0n) is 18.9. The number of nitrogens with one attached hydrogen (secondary N) is 1. The summed E-state index contributed by atoms with van der Waals surface area (Å²) in [5.41, 5.74) is 8.25. The highest BCUT2D eigenvalue weighted by molar-refractivity contribution is 6.19. The highest BCUT2D eigenvalue weighted by Gasteiger charge is 2.21. The van der Waals surface area contributed by atoms with Crippen LogP contribution >= 0.6 is 0 Å². The summed E-state index contributed by atoms with van der Waals surface area (Å²) in [6.45, 7) is 0. The number of aryl methyl sites for hydroxylation is 1. The fourth-order valence-electron chi connectivity index (χ4n) is 5.43. The summed E-state index contributed by atoms with van der Waals surface area (Å²) in [7, 11) is 2.15. The van der Waals surface area contributed by atoms with Crippen LogP contribution in [-0.4, -0.2) is 9.55 Å². The summed E-state index contributed by atoms with van der Waals surface area (Å²) in [5, 5.41) is 5.00. The fraction of sp³-hybridized carbons (Fsp3) is 0.0323. The molecule has 1 N–H and O–H groups in total. The van der Waals surface area contributed by atoms with Crippen LogP contribution in [0.1, 0.15) is 0 Å². The number of aromatic nitrogens is 2. The van der Waals surface area contributed by atoms with Crippen molar-refractivity contribution in [2.45, 2.75) is 0 Å². The average molecular weight is 438 g/mol. The Balaban J connectivity index is 1.64. The van der Waals surface area contributed by atoms with Gasteiger partial charge in [-0.15, -0.1) is 0 Å². The lowest BCUT2D eigenvalue weighted by molar-refractivity contribution is 1.01. The van der Waals surface area contributed by atoms with Gasteiger partial charge in [0.05, 0.1) is 16.9 Å². The minimum absolute atomic E-state index is 1.14. The highest BCUT2D eigenvalue weighted by Crippen LogP contribution is 2.45. The van der Waals surface area contributed by atoms with Crippen molar-refractivity contribution >= 4 is 60.7 Å². The minimum atomic E-state index is 1.14. The van der Waals surface area contributed by atoms with E-state index in [1.54, 1.807) is 0 Å². The normalized spacial score (nSPS) is 11.7. The Hall–Kier alpha value is -4.50. The van der Waals surface area contributed by atoms with Gasteiger partial charge in [-0.2, -0.15) is 0 Å². The summed E-state index contributed by atoms with van der Waals surface area (Å²) in [6, 6.07) is 41.1. The Kier molecular flexibility index (Phi) is 4.06. The summed E-state index contributed by atoms with van der Waals surface area (Å²) in [5.74, 6) is 0. The third-order valence-electron chi connectivity index (χ3n) is 6.92. The van der Waals surface area contributed by atoms with E-state index in [1.165, 1.54) is 44.0 Å². The molecule has 2 heterocycles. The molecule has 3 nitrogen and oxygen atoms in total. The molecule has 0 unspecified atom stereocenters. The van der Waals surface area contributed by atoms with E-state index in [2.05, 4.69) is 137 Å². The molecule has 0 amide bonds. The molecule has 0 atom stereocenters. The Bertz CT molecular complexity index is 1820. The van der Waals surface area contributed by atoms with Crippen LogP contribution in [0, 0.1) is 0 Å². The Labute approximate surface area is 197 Å². The van der Waals surface area contributed by atoms with Gasteiger partial charge in [-0.25, -0.2) is 0 Å². The van der Waals surface area contributed by atoms with E-state index in [0.717, 1.165) is 16.7 Å². The lowest BCUT2D eigenvalue weighted by Crippen LogP contribution is -2.10. The molecule has 0 spiro atoms. The van der Waals surface area contributed by atoms with Gasteiger partial charge in [-0.3, -0.25) is 0 Å². The molecule has 0 saturated heterocycles. The van der Waals surface area contributed by atoms with E-state index in [-0.39, 0.29) is 0 Å². The van der Waals surface area contributed by atoms with Gasteiger partial charge in [0.2, 0.25) is 0 Å². The quantitative estimate of drug-likeness (QED) is 0.295. The molecule has 7 aromatic rings. The van der Waals surface area contributed by atoms with E-state index < -0.39 is 0 Å². The standard InChI is InChI=1S/C31H23N3/c1-33-26-17-8-6-14-23(26)31-27(33)18-10-20-29(31)34(21-11-3-2-4-12-21)28-19-9-16-25-30(28)22-13-5-7-15-24(22)32-25/h2-20,32H,1H3. The van der Waals surface area contributed by atoms with Crippen molar-refractivity contribution < 1.29 is 0 Å². The number of para-hydroxylation sites is 3. The van der Waals surface area contributed by atoms with E-state index in [1.807, 2.05) is 0 Å². The van der Waals surface area contributed by atoms with Gasteiger partial charge in [0.25, 0.3) is 0 Å². The number of anilines is 3. The molecule has 2 aromatic heterocycles. The van der Waals surface area contributed by atoms with Crippen LogP contribution in [0.15, 0.2) is 115 Å². The average Bonchev–Trinajstić information content (AvgIpc) is 3.42. The molecule has 0 saturated carbocycles. The van der Waals surface area contributed by atoms with Crippen molar-refractivity contribution in [1.29, 1.82) is 0 Å². The number of benzene rings is 5. The Morgan fingerprint density at radius 3 is 2.00 bits per heavy atom. The van der Waals surface area contributed by atoms with Crippen molar-refractivity contribution in [2.75, 3.05) is 4.90 Å². The number of nitrogens with zero attached hydrogens (tertiary/aromatic N) is 2. The third-order valence-corrected chi connectivity index (χ3v) is 6.92. The number of hydrogen-bond donors (Lipinski definition) is 1. The zero-order chi connectivity index (χ0) is 22.6. The van der Waals surface area contributed by atoms with Crippen LogP contribution in [0.2, 0.25) is 0 Å². The summed E-state index contributed by atoms with van der Waals surface area (Å²) < 4.78 is 2.30. The van der Waals surface area contributed by atoms with Crippen molar-refractivity contribution in [2.24, 2.45) is 7.05 Å². The fourth-order valence-corrected chi connectivity index (χ4v) is 5.43. The maximum absolute atomic E-state index is 3.62. The smallest absolute Gasteiger partial charge is 0.0562 e. The molecule has 162 valence electrons. The van der Waals surface area contributed by atoms with E-state index in [0.29, 0.717) is 0 Å². The number of fused-ring (bicyclic) bond motifs is 6. The molecule has 0 fully saturated rings. The molecule has 7 rings (SSSR count). The predicted octanol–water partition coefficient (Wildman–Crippen LogP) is 8.44. The molecule has 0 aliphatic heterocycles. The van der Waals surface area contributed by atoms with Gasteiger partial charge in [-0.05, 0) is 48.5 Å². The van der Waals surface area contributed by atoms with Crippen molar-refractivity contribution in [3.8, 4) is 0 Å². The van der Waals surface area contributed by atoms with Crippen LogP contribution < -0.4 is 4.90 Å². The second kappa shape index (κ2) is 7.26. The second-order valence-electron chi connectivity index (χ2n) is 8.79. The van der Waals surface area contributed by atoms with Gasteiger partial charge in [0.1, 0.15) is 0 Å². The molecule has 5 aromatic carbocycles. The lowest BCUT2D eigenvalue weighted by atomic mass is 10.1. The first kappa shape index (κ1) is 19.0. The largest absolute Gasteiger partial charge is 0.354 e. The topological polar surface area (TPSA) is 24.0 Å². The maximum atomic E-state index is 3.62. The van der Waals surface area contributed by atoms with Gasteiger partial charge in [0.15, 0.2) is 0 Å². The molecule has 34 heavy (non-hydrogen) atoms. The Morgan fingerprint density at radius 2 is 1.15 bits per heavy atom. The first-order valence-electron chi connectivity index (χ1n) is 11.6. The maximum Gasteiger partial charge on any atom is 0.0562 e. The second-order valence-corrected chi connectivity index (χ2v) is 8.79. The number of aromatic amines is 1. The van der Waals surface area contributed by atoms with Gasteiger partial charge >= 0.3 is 0 Å². The summed E-state index contributed by atoms with van der Waals surface area (Å²) in [4.78, 5) is 6.03. The molecule has 3 heteroatoms. The number of hydrogen-bond acceptors (Lipinski definition) is 1. The summed E-state index contributed by atoms with van der Waals surface area (Å²) >= 11 is 0. The van der Waals surface area contributed by atoms with Crippen molar-refractivity contribution in [3.05, 3.63) is 115 Å². The number of rotatable bonds is 3. The predicted molar refractivity (Wildman–Crippen MR) is 144 cm³/mol. The Morgan fingerprint density at radius 1 is 0.529 bits per heavy atom. The first-order chi connectivity index (χ1) is 16.8. The first-order valence-corrected chi connectivity index (χ1v) is 11.6. The molecular formula is C31H23N3. The molecule has 0 radical (unpaired) electrons. The van der Waals surface area contributed by atoms with E-state index >= 15 is 0 Å². The molecule has 0 bridgehead atoms. The van der Waals surface area contributed by atoms with Crippen LogP contribution in [0.4, 0.5) is 17.1 Å². The van der Waals surface area contributed by atoms with Crippen molar-refractivity contribution in [3.63, 3.8) is 0 Å². The third kappa shape index (κ3) is 2.64. The monoisotopic (exact) mass is 437 g/mol. The highest BCUT2D eigenvalue weighted by atomic mass is 15.1. The SMILES string of the molecule is Cn1c2ccccc2c2c(N(c3ccccc3)c3cccc4[nH]c5ccccc5c34)cccc21. The van der Waals surface area contributed by atoms with Gasteiger partial charge < -0.3 is 14.5 Å². The van der Waals surface area contributed by atoms with Crippen LogP contribution in [-0.2, 0) is 7.05 Å². The molecular weight excluding hydrogens is 414 g/mol. The van der Waals surface area contributed by atoms with E-state index in [9.17, 15) is 0 Å². The lowest BCUT2D eigenvalue weighted by Gasteiger charge is -2.27. The number of H-pyrrole nitrogens is 1. The molecule has 0 aliphatic rings. The zero-order valence-corrected chi connectivity index (χ0v) is 18.9. The van der Waals surface area contributed by atoms with Crippen molar-refractivity contribution in [1.82, 2.24) is 9.55 Å².